The second kappa shape index (κ2) is 9.08. The van der Waals surface area contributed by atoms with Crippen molar-refractivity contribution in [3.05, 3.63) is 75.1 Å². The first-order valence-electron chi connectivity index (χ1n) is 10.2. The lowest BCUT2D eigenvalue weighted by Crippen LogP contribution is -2.19. The molecule has 1 amide bonds. The fraction of sp³-hybridized carbons (Fsp3) is 0.250. The van der Waals surface area contributed by atoms with Gasteiger partial charge < -0.3 is 14.6 Å². The van der Waals surface area contributed by atoms with Crippen LogP contribution < -0.4 is 5.32 Å². The number of hydrogen-bond acceptors (Lipinski definition) is 5. The number of hydrogen-bond donors (Lipinski definition) is 1. The highest BCUT2D eigenvalue weighted by atomic mass is 32.1. The third-order valence-corrected chi connectivity index (χ3v) is 7.29. The van der Waals surface area contributed by atoms with E-state index in [0.717, 1.165) is 27.1 Å². The van der Waals surface area contributed by atoms with Gasteiger partial charge in [0.15, 0.2) is 0 Å². The number of carbonyl (C=O) groups is 2. The second-order valence-corrected chi connectivity index (χ2v) is 9.42. The van der Waals surface area contributed by atoms with Crippen molar-refractivity contribution in [2.75, 3.05) is 11.9 Å². The third-order valence-electron chi connectivity index (χ3n) is 5.31. The molecule has 1 N–H and O–H groups in total. The number of benzene rings is 1. The number of ether oxygens (including phenoxy) is 1. The van der Waals surface area contributed by atoms with E-state index in [4.69, 9.17) is 4.74 Å². The van der Waals surface area contributed by atoms with Gasteiger partial charge in [0.25, 0.3) is 5.91 Å². The van der Waals surface area contributed by atoms with Crippen LogP contribution in [0, 0.1) is 13.8 Å². The fourth-order valence-corrected chi connectivity index (χ4v) is 5.49. The normalized spacial score (nSPS) is 11.1. The van der Waals surface area contributed by atoms with Crippen molar-refractivity contribution >= 4 is 49.8 Å². The summed E-state index contributed by atoms with van der Waals surface area (Å²) in [5.41, 5.74) is 4.16. The van der Waals surface area contributed by atoms with E-state index in [-0.39, 0.29) is 5.91 Å². The van der Waals surface area contributed by atoms with Gasteiger partial charge in [-0.15, -0.1) is 22.7 Å². The highest BCUT2D eigenvalue weighted by Gasteiger charge is 2.24. The summed E-state index contributed by atoms with van der Waals surface area (Å²) in [5.74, 6) is -0.622. The molecule has 4 aromatic rings. The Bertz CT molecular complexity index is 1230. The first-order chi connectivity index (χ1) is 15.0. The Morgan fingerprint density at radius 3 is 2.65 bits per heavy atom. The monoisotopic (exact) mass is 452 g/mol. The van der Waals surface area contributed by atoms with Gasteiger partial charge in [-0.3, -0.25) is 4.79 Å². The molecule has 0 saturated heterocycles. The summed E-state index contributed by atoms with van der Waals surface area (Å²) in [6.07, 6.45) is 0.825. The van der Waals surface area contributed by atoms with Crippen LogP contribution in [0.25, 0.3) is 10.2 Å². The lowest BCUT2D eigenvalue weighted by molar-refractivity contribution is 0.0527. The van der Waals surface area contributed by atoms with Gasteiger partial charge in [0.05, 0.1) is 22.4 Å². The van der Waals surface area contributed by atoms with Gasteiger partial charge in [-0.2, -0.15) is 0 Å². The Morgan fingerprint density at radius 2 is 1.90 bits per heavy atom. The predicted molar refractivity (Wildman–Crippen MR) is 128 cm³/mol. The molecule has 0 aliphatic heterocycles. The number of fused-ring (bicyclic) bond motifs is 1. The molecule has 0 unspecified atom stereocenters. The molecule has 5 nitrogen and oxygen atoms in total. The van der Waals surface area contributed by atoms with Crippen LogP contribution in [-0.4, -0.2) is 23.1 Å². The number of carbonyl (C=O) groups excluding carboxylic acids is 2. The van der Waals surface area contributed by atoms with Crippen LogP contribution in [0.2, 0.25) is 0 Å². The molecule has 3 aromatic heterocycles. The first kappa shape index (κ1) is 21.3. The molecule has 0 aliphatic carbocycles. The van der Waals surface area contributed by atoms with Crippen LogP contribution in [0.3, 0.4) is 0 Å². The minimum absolute atomic E-state index is 0.219. The van der Waals surface area contributed by atoms with Crippen molar-refractivity contribution in [3.63, 3.8) is 0 Å². The van der Waals surface area contributed by atoms with Gasteiger partial charge in [-0.25, -0.2) is 4.79 Å². The molecule has 31 heavy (non-hydrogen) atoms. The average molecular weight is 453 g/mol. The van der Waals surface area contributed by atoms with Gasteiger partial charge in [0.2, 0.25) is 0 Å². The first-order valence-corrected chi connectivity index (χ1v) is 11.9. The molecule has 0 radical (unpaired) electrons. The van der Waals surface area contributed by atoms with E-state index in [0.29, 0.717) is 29.4 Å². The Kier molecular flexibility index (Phi) is 6.25. The van der Waals surface area contributed by atoms with Crippen molar-refractivity contribution in [1.82, 2.24) is 4.57 Å². The zero-order chi connectivity index (χ0) is 22.0. The highest BCUT2D eigenvalue weighted by Crippen LogP contribution is 2.34. The van der Waals surface area contributed by atoms with Crippen molar-refractivity contribution in [1.29, 1.82) is 0 Å². The maximum atomic E-state index is 13.3. The van der Waals surface area contributed by atoms with Crippen LogP contribution in [0.4, 0.5) is 5.00 Å². The van der Waals surface area contributed by atoms with E-state index in [9.17, 15) is 9.59 Å². The summed E-state index contributed by atoms with van der Waals surface area (Å²) in [6, 6.07) is 14.2. The summed E-state index contributed by atoms with van der Waals surface area (Å²) in [5, 5.41) is 5.56. The van der Waals surface area contributed by atoms with E-state index in [1.165, 1.54) is 16.9 Å². The van der Waals surface area contributed by atoms with Crippen LogP contribution >= 0.6 is 22.7 Å². The number of thiophene rings is 2. The molecule has 0 saturated carbocycles. The zero-order valence-corrected chi connectivity index (χ0v) is 19.4. The molecule has 0 aliphatic rings. The van der Waals surface area contributed by atoms with Crippen LogP contribution in [0.15, 0.2) is 47.8 Å². The molecule has 3 heterocycles. The summed E-state index contributed by atoms with van der Waals surface area (Å²) in [4.78, 5) is 26.8. The largest absolute Gasteiger partial charge is 0.462 e. The molecular formula is C24H24N2O3S2. The van der Waals surface area contributed by atoms with Crippen LogP contribution in [0.1, 0.15) is 43.8 Å². The molecule has 0 atom stereocenters. The number of amides is 1. The lowest BCUT2D eigenvalue weighted by Gasteiger charge is -2.11. The molecule has 0 bridgehead atoms. The molecule has 4 rings (SSSR count). The van der Waals surface area contributed by atoms with E-state index < -0.39 is 5.97 Å². The average Bonchev–Trinajstić information content (AvgIpc) is 3.41. The minimum Gasteiger partial charge on any atom is -0.462 e. The summed E-state index contributed by atoms with van der Waals surface area (Å²) < 4.78 is 8.34. The Labute approximate surface area is 189 Å². The topological polar surface area (TPSA) is 60.3 Å². The van der Waals surface area contributed by atoms with Crippen molar-refractivity contribution < 1.29 is 14.3 Å². The lowest BCUT2D eigenvalue weighted by atomic mass is 10.1. The number of anilines is 1. The predicted octanol–water partition coefficient (Wildman–Crippen LogP) is 6.05. The summed E-state index contributed by atoms with van der Waals surface area (Å²) >= 11 is 3.02. The van der Waals surface area contributed by atoms with Crippen molar-refractivity contribution in [2.45, 2.75) is 33.7 Å². The minimum atomic E-state index is -0.403. The third kappa shape index (κ3) is 4.29. The van der Waals surface area contributed by atoms with E-state index in [2.05, 4.69) is 22.0 Å². The Balaban J connectivity index is 1.64. The molecular weight excluding hydrogens is 428 g/mol. The van der Waals surface area contributed by atoms with Crippen molar-refractivity contribution in [2.24, 2.45) is 0 Å². The smallest absolute Gasteiger partial charge is 0.341 e. The molecule has 0 fully saturated rings. The van der Waals surface area contributed by atoms with Gasteiger partial charge in [0.1, 0.15) is 10.7 Å². The summed E-state index contributed by atoms with van der Waals surface area (Å²) in [6.45, 7) is 6.58. The number of nitrogens with one attached hydrogen (secondary N) is 1. The van der Waals surface area contributed by atoms with Crippen molar-refractivity contribution in [3.8, 4) is 0 Å². The number of rotatable bonds is 7. The van der Waals surface area contributed by atoms with Gasteiger partial charge in [-0.1, -0.05) is 30.3 Å². The molecule has 0 spiro atoms. The number of aromatic nitrogens is 1. The molecule has 160 valence electrons. The Hall–Kier alpha value is -2.90. The van der Waals surface area contributed by atoms with Crippen LogP contribution in [-0.2, 0) is 17.7 Å². The van der Waals surface area contributed by atoms with E-state index >= 15 is 0 Å². The fourth-order valence-electron chi connectivity index (χ4n) is 3.62. The Morgan fingerprint density at radius 1 is 1.13 bits per heavy atom. The van der Waals surface area contributed by atoms with Gasteiger partial charge in [-0.05, 0) is 55.8 Å². The molecule has 7 heteroatoms. The van der Waals surface area contributed by atoms with Gasteiger partial charge >= 0.3 is 5.97 Å². The molecule has 1 aromatic carbocycles. The SMILES string of the molecule is CCOC(=O)c1c(NC(=O)c2cc3sccc3n2CCc2ccccc2)sc(C)c1C. The maximum absolute atomic E-state index is 13.3. The van der Waals surface area contributed by atoms with E-state index in [1.54, 1.807) is 18.3 Å². The van der Waals surface area contributed by atoms with Crippen LogP contribution in [0.5, 0.6) is 0 Å². The van der Waals surface area contributed by atoms with Gasteiger partial charge in [0, 0.05) is 11.4 Å². The second-order valence-electron chi connectivity index (χ2n) is 7.25. The number of aryl methyl sites for hydroxylation is 3. The highest BCUT2D eigenvalue weighted by molar-refractivity contribution is 7.17. The number of esters is 1. The zero-order valence-electron chi connectivity index (χ0n) is 17.7. The number of nitrogens with zero attached hydrogens (tertiary/aromatic N) is 1. The summed E-state index contributed by atoms with van der Waals surface area (Å²) in [7, 11) is 0. The quantitative estimate of drug-likeness (QED) is 0.347. The van der Waals surface area contributed by atoms with E-state index in [1.807, 2.05) is 49.6 Å². The standard InChI is InChI=1S/C24H24N2O3S2/c1-4-29-24(28)21-15(2)16(3)31-23(21)25-22(27)19-14-20-18(11-13-30-20)26(19)12-10-17-8-6-5-7-9-17/h5-9,11,13-14H,4,10,12H2,1-3H3,(H,25,27). The maximum Gasteiger partial charge on any atom is 0.341 e.